The number of nitrogens with one attached hydrogen (secondary N) is 1. The summed E-state index contributed by atoms with van der Waals surface area (Å²) in [4.78, 5) is 0. The molecule has 0 bridgehead atoms. The van der Waals surface area contributed by atoms with E-state index in [-0.39, 0.29) is 0 Å². The molecule has 0 spiro atoms. The molecule has 3 N–H and O–H groups in total. The van der Waals surface area contributed by atoms with Crippen molar-refractivity contribution in [3.05, 3.63) is 18.2 Å². The van der Waals surface area contributed by atoms with Gasteiger partial charge in [-0.15, -0.1) is 0 Å². The summed E-state index contributed by atoms with van der Waals surface area (Å²) in [5, 5.41) is 10.2. The molecule has 0 radical (unpaired) electrons. The van der Waals surface area contributed by atoms with E-state index in [0.29, 0.717) is 5.69 Å². The second kappa shape index (κ2) is 4.45. The Morgan fingerprint density at radius 1 is 1.23 bits per heavy atom. The van der Waals surface area contributed by atoms with Gasteiger partial charge in [0.25, 0.3) is 0 Å². The number of hydrogen-bond acceptors (Lipinski definition) is 3. The SMILES string of the molecule is CCC.Nc1ccc2n[nH]nc2c1. The third-order valence-electron chi connectivity index (χ3n) is 1.34. The van der Waals surface area contributed by atoms with Crippen molar-refractivity contribution in [2.24, 2.45) is 0 Å². The molecule has 4 nitrogen and oxygen atoms in total. The lowest BCUT2D eigenvalue weighted by Crippen LogP contribution is -1.82. The first-order valence-corrected chi connectivity index (χ1v) is 4.34. The van der Waals surface area contributed by atoms with Crippen LogP contribution in [0.4, 0.5) is 5.69 Å². The van der Waals surface area contributed by atoms with Crippen molar-refractivity contribution in [3.8, 4) is 0 Å². The Bertz CT molecular complexity index is 366. The molecule has 1 aromatic carbocycles. The summed E-state index contributed by atoms with van der Waals surface area (Å²) >= 11 is 0. The van der Waals surface area contributed by atoms with Crippen LogP contribution in [-0.4, -0.2) is 15.4 Å². The lowest BCUT2D eigenvalue weighted by Gasteiger charge is -1.87. The zero-order valence-corrected chi connectivity index (χ0v) is 7.91. The van der Waals surface area contributed by atoms with E-state index < -0.39 is 0 Å². The van der Waals surface area contributed by atoms with E-state index in [9.17, 15) is 0 Å². The second-order valence-corrected chi connectivity index (χ2v) is 2.78. The van der Waals surface area contributed by atoms with Gasteiger partial charge in [0, 0.05) is 5.69 Å². The number of hydrogen-bond donors (Lipinski definition) is 2. The fourth-order valence-corrected chi connectivity index (χ4v) is 0.857. The molecule has 0 fully saturated rings. The molecule has 0 aliphatic carbocycles. The van der Waals surface area contributed by atoms with Crippen molar-refractivity contribution in [3.63, 3.8) is 0 Å². The Morgan fingerprint density at radius 2 is 1.85 bits per heavy atom. The number of nitrogen functional groups attached to an aromatic ring is 1. The summed E-state index contributed by atoms with van der Waals surface area (Å²) < 4.78 is 0. The first kappa shape index (κ1) is 9.51. The molecule has 0 amide bonds. The molecule has 0 aliphatic rings. The third-order valence-corrected chi connectivity index (χ3v) is 1.34. The van der Waals surface area contributed by atoms with Gasteiger partial charge in [0.1, 0.15) is 11.0 Å². The van der Waals surface area contributed by atoms with E-state index in [0.717, 1.165) is 11.0 Å². The number of nitrogens with zero attached hydrogens (tertiary/aromatic N) is 2. The van der Waals surface area contributed by atoms with E-state index in [1.807, 2.05) is 6.07 Å². The minimum Gasteiger partial charge on any atom is -0.399 e. The lowest BCUT2D eigenvalue weighted by molar-refractivity contribution is 0.959. The highest BCUT2D eigenvalue weighted by Gasteiger charge is 1.94. The fraction of sp³-hybridized carbons (Fsp3) is 0.333. The van der Waals surface area contributed by atoms with Gasteiger partial charge in [-0.2, -0.15) is 15.4 Å². The zero-order chi connectivity index (χ0) is 9.68. The highest BCUT2D eigenvalue weighted by molar-refractivity contribution is 5.77. The van der Waals surface area contributed by atoms with Gasteiger partial charge in [-0.05, 0) is 18.2 Å². The average Bonchev–Trinajstić information content (AvgIpc) is 2.52. The van der Waals surface area contributed by atoms with Crippen LogP contribution in [0.15, 0.2) is 18.2 Å². The molecule has 0 saturated carbocycles. The van der Waals surface area contributed by atoms with Crippen LogP contribution >= 0.6 is 0 Å². The van der Waals surface area contributed by atoms with Crippen LogP contribution in [0.3, 0.4) is 0 Å². The van der Waals surface area contributed by atoms with Crippen LogP contribution in [-0.2, 0) is 0 Å². The highest BCUT2D eigenvalue weighted by atomic mass is 15.3. The van der Waals surface area contributed by atoms with E-state index in [1.54, 1.807) is 12.1 Å². The molecule has 0 saturated heterocycles. The first-order valence-electron chi connectivity index (χ1n) is 4.34. The highest BCUT2D eigenvalue weighted by Crippen LogP contribution is 2.10. The number of benzene rings is 1. The van der Waals surface area contributed by atoms with Crippen LogP contribution in [0.25, 0.3) is 11.0 Å². The normalized spacial score (nSPS) is 9.38. The van der Waals surface area contributed by atoms with Crippen molar-refractivity contribution < 1.29 is 0 Å². The van der Waals surface area contributed by atoms with Crippen molar-refractivity contribution in [1.82, 2.24) is 15.4 Å². The Kier molecular flexibility index (Phi) is 3.25. The summed E-state index contributed by atoms with van der Waals surface area (Å²) in [5.74, 6) is 0. The van der Waals surface area contributed by atoms with Crippen molar-refractivity contribution >= 4 is 16.7 Å². The Morgan fingerprint density at radius 3 is 2.54 bits per heavy atom. The summed E-state index contributed by atoms with van der Waals surface area (Å²) in [6.45, 7) is 4.25. The smallest absolute Gasteiger partial charge is 0.115 e. The molecule has 13 heavy (non-hydrogen) atoms. The number of rotatable bonds is 0. The van der Waals surface area contributed by atoms with Crippen LogP contribution in [0.1, 0.15) is 20.3 Å². The van der Waals surface area contributed by atoms with Gasteiger partial charge < -0.3 is 5.73 Å². The van der Waals surface area contributed by atoms with E-state index >= 15 is 0 Å². The zero-order valence-electron chi connectivity index (χ0n) is 7.91. The number of anilines is 1. The minimum absolute atomic E-state index is 0.710. The largest absolute Gasteiger partial charge is 0.399 e. The second-order valence-electron chi connectivity index (χ2n) is 2.78. The Labute approximate surface area is 77.1 Å². The number of aromatic nitrogens is 3. The van der Waals surface area contributed by atoms with Crippen LogP contribution in [0.2, 0.25) is 0 Å². The summed E-state index contributed by atoms with van der Waals surface area (Å²) in [6.07, 6.45) is 1.25. The first-order chi connectivity index (χ1) is 6.27. The van der Waals surface area contributed by atoms with Crippen molar-refractivity contribution in [2.75, 3.05) is 5.73 Å². The van der Waals surface area contributed by atoms with Crippen LogP contribution < -0.4 is 5.73 Å². The predicted octanol–water partition coefficient (Wildman–Crippen LogP) is 1.96. The van der Waals surface area contributed by atoms with Gasteiger partial charge in [0.2, 0.25) is 0 Å². The lowest BCUT2D eigenvalue weighted by atomic mass is 10.3. The minimum atomic E-state index is 0.710. The van der Waals surface area contributed by atoms with Gasteiger partial charge in [-0.25, -0.2) is 0 Å². The van der Waals surface area contributed by atoms with Gasteiger partial charge in [-0.3, -0.25) is 0 Å². The molecular weight excluding hydrogens is 164 g/mol. The maximum Gasteiger partial charge on any atom is 0.115 e. The Hall–Kier alpha value is -1.58. The predicted molar refractivity (Wildman–Crippen MR) is 54.3 cm³/mol. The topological polar surface area (TPSA) is 67.6 Å². The van der Waals surface area contributed by atoms with Gasteiger partial charge in [0.05, 0.1) is 0 Å². The van der Waals surface area contributed by atoms with E-state index in [2.05, 4.69) is 29.3 Å². The molecule has 1 heterocycles. The molecule has 0 aliphatic heterocycles. The number of H-pyrrole nitrogens is 1. The fourth-order valence-electron chi connectivity index (χ4n) is 0.857. The molecule has 70 valence electrons. The number of aromatic amines is 1. The maximum atomic E-state index is 5.50. The van der Waals surface area contributed by atoms with Crippen molar-refractivity contribution in [1.29, 1.82) is 0 Å². The van der Waals surface area contributed by atoms with E-state index in [4.69, 9.17) is 5.73 Å². The average molecular weight is 178 g/mol. The number of fused-ring (bicyclic) bond motifs is 1. The standard InChI is InChI=1S/C6H6N4.C3H8/c7-4-1-2-5-6(3-4)9-10-8-5;1-3-2/h1-3H,7H2,(H,8,9,10);3H2,1-2H3. The molecule has 2 aromatic rings. The summed E-state index contributed by atoms with van der Waals surface area (Å²) in [5.41, 5.74) is 7.86. The van der Waals surface area contributed by atoms with Gasteiger partial charge in [0.15, 0.2) is 0 Å². The monoisotopic (exact) mass is 178 g/mol. The Balaban J connectivity index is 0.000000251. The summed E-state index contributed by atoms with van der Waals surface area (Å²) in [6, 6.07) is 5.40. The van der Waals surface area contributed by atoms with Crippen molar-refractivity contribution in [2.45, 2.75) is 20.3 Å². The maximum absolute atomic E-state index is 5.50. The summed E-state index contributed by atoms with van der Waals surface area (Å²) in [7, 11) is 0. The van der Waals surface area contributed by atoms with Gasteiger partial charge in [-0.1, -0.05) is 20.3 Å². The number of nitrogens with two attached hydrogens (primary N) is 1. The molecular formula is C9H14N4. The van der Waals surface area contributed by atoms with Gasteiger partial charge >= 0.3 is 0 Å². The molecule has 4 heteroatoms. The molecule has 0 unspecified atom stereocenters. The van der Waals surface area contributed by atoms with Crippen LogP contribution in [0.5, 0.6) is 0 Å². The molecule has 0 atom stereocenters. The molecule has 2 rings (SSSR count). The quantitative estimate of drug-likeness (QED) is 0.606. The van der Waals surface area contributed by atoms with Crippen LogP contribution in [0, 0.1) is 0 Å². The molecule has 1 aromatic heterocycles. The van der Waals surface area contributed by atoms with E-state index in [1.165, 1.54) is 6.42 Å². The third kappa shape index (κ3) is 2.43.